The molecule has 0 radical (unpaired) electrons. The lowest BCUT2D eigenvalue weighted by atomic mass is 10.2. The molecule has 84 valence electrons. The fraction of sp³-hybridized carbons (Fsp3) is 0.214. The summed E-state index contributed by atoms with van der Waals surface area (Å²) in [6, 6.07) is 9.89. The molecule has 0 fully saturated rings. The van der Waals surface area contributed by atoms with E-state index >= 15 is 0 Å². The molecule has 2 heteroatoms. The highest BCUT2D eigenvalue weighted by molar-refractivity contribution is 5.87. The van der Waals surface area contributed by atoms with Gasteiger partial charge in [-0.3, -0.25) is 0 Å². The average Bonchev–Trinajstić information content (AvgIpc) is 2.34. The van der Waals surface area contributed by atoms with E-state index in [2.05, 4.69) is 0 Å². The number of hydrogen-bond acceptors (Lipinski definition) is 2. The summed E-state index contributed by atoms with van der Waals surface area (Å²) in [5, 5.41) is 0. The van der Waals surface area contributed by atoms with Crippen LogP contribution in [0.4, 0.5) is 0 Å². The molecule has 1 aromatic carbocycles. The van der Waals surface area contributed by atoms with E-state index in [-0.39, 0.29) is 5.97 Å². The molecule has 0 unspecified atom stereocenters. The molecule has 1 rings (SSSR count). The maximum absolute atomic E-state index is 11.3. The second-order valence-electron chi connectivity index (χ2n) is 3.38. The van der Waals surface area contributed by atoms with Crippen LogP contribution in [0.2, 0.25) is 0 Å². The molecule has 2 nitrogen and oxygen atoms in total. The Balaban J connectivity index is 2.37. The van der Waals surface area contributed by atoms with E-state index in [1.807, 2.05) is 49.4 Å². The zero-order valence-corrected chi connectivity index (χ0v) is 9.64. The Morgan fingerprint density at radius 1 is 1.31 bits per heavy atom. The van der Waals surface area contributed by atoms with Crippen LogP contribution in [0.1, 0.15) is 19.4 Å². The summed E-state index contributed by atoms with van der Waals surface area (Å²) in [6.45, 7) is 3.86. The van der Waals surface area contributed by atoms with Crippen LogP contribution in [0.5, 0.6) is 0 Å². The van der Waals surface area contributed by atoms with Crippen LogP contribution in [0.3, 0.4) is 0 Å². The van der Waals surface area contributed by atoms with Crippen molar-refractivity contribution in [1.82, 2.24) is 0 Å². The highest BCUT2D eigenvalue weighted by atomic mass is 16.5. The first kappa shape index (κ1) is 12.2. The van der Waals surface area contributed by atoms with Crippen LogP contribution in [0.25, 0.3) is 6.08 Å². The van der Waals surface area contributed by atoms with Crippen molar-refractivity contribution < 1.29 is 9.53 Å². The van der Waals surface area contributed by atoms with Crippen LogP contribution in [0, 0.1) is 0 Å². The van der Waals surface area contributed by atoms with Gasteiger partial charge in [-0.05, 0) is 25.5 Å². The van der Waals surface area contributed by atoms with Gasteiger partial charge >= 0.3 is 5.97 Å². The number of carbonyl (C=O) groups is 1. The minimum Gasteiger partial charge on any atom is -0.458 e. The maximum atomic E-state index is 11.3. The van der Waals surface area contributed by atoms with Gasteiger partial charge in [-0.25, -0.2) is 4.79 Å². The molecule has 0 atom stereocenters. The SMILES string of the molecule is C/C=C(\C)C(=O)OC/C=C\c1ccccc1. The Bertz CT molecular complexity index is 388. The molecule has 0 saturated heterocycles. The molecule has 0 aliphatic heterocycles. The van der Waals surface area contributed by atoms with Crippen molar-refractivity contribution in [3.8, 4) is 0 Å². The summed E-state index contributed by atoms with van der Waals surface area (Å²) >= 11 is 0. The molecule has 0 aliphatic rings. The summed E-state index contributed by atoms with van der Waals surface area (Å²) in [6.07, 6.45) is 5.50. The Kier molecular flexibility index (Phi) is 5.06. The lowest BCUT2D eigenvalue weighted by Gasteiger charge is -2.00. The highest BCUT2D eigenvalue weighted by Crippen LogP contribution is 2.01. The van der Waals surface area contributed by atoms with Gasteiger partial charge in [0.2, 0.25) is 0 Å². The molecule has 0 aliphatic carbocycles. The van der Waals surface area contributed by atoms with Gasteiger partial charge in [0.25, 0.3) is 0 Å². The zero-order chi connectivity index (χ0) is 11.8. The number of allylic oxidation sites excluding steroid dienone is 1. The quantitative estimate of drug-likeness (QED) is 0.570. The van der Waals surface area contributed by atoms with Crippen LogP contribution >= 0.6 is 0 Å². The fourth-order valence-electron chi connectivity index (χ4n) is 1.10. The van der Waals surface area contributed by atoms with Crippen molar-refractivity contribution in [2.75, 3.05) is 6.61 Å². The summed E-state index contributed by atoms with van der Waals surface area (Å²) in [7, 11) is 0. The minimum absolute atomic E-state index is 0.264. The van der Waals surface area contributed by atoms with E-state index in [4.69, 9.17) is 4.74 Å². The van der Waals surface area contributed by atoms with Gasteiger partial charge in [-0.2, -0.15) is 0 Å². The molecule has 0 saturated carbocycles. The Morgan fingerprint density at radius 2 is 2.00 bits per heavy atom. The van der Waals surface area contributed by atoms with Gasteiger partial charge < -0.3 is 4.74 Å². The number of hydrogen-bond donors (Lipinski definition) is 0. The van der Waals surface area contributed by atoms with Gasteiger partial charge in [0.15, 0.2) is 0 Å². The molecule has 0 heterocycles. The molecule has 0 aromatic heterocycles. The van der Waals surface area contributed by atoms with Crippen molar-refractivity contribution in [3.63, 3.8) is 0 Å². The van der Waals surface area contributed by atoms with Crippen LogP contribution < -0.4 is 0 Å². The van der Waals surface area contributed by atoms with Crippen molar-refractivity contribution in [2.24, 2.45) is 0 Å². The normalized spacial score (nSPS) is 11.8. The highest BCUT2D eigenvalue weighted by Gasteiger charge is 2.01. The maximum Gasteiger partial charge on any atom is 0.333 e. The average molecular weight is 216 g/mol. The van der Waals surface area contributed by atoms with Crippen LogP contribution in [-0.4, -0.2) is 12.6 Å². The summed E-state index contributed by atoms with van der Waals surface area (Å²) in [5.74, 6) is -0.264. The van der Waals surface area contributed by atoms with Crippen molar-refractivity contribution in [2.45, 2.75) is 13.8 Å². The van der Waals surface area contributed by atoms with Crippen molar-refractivity contribution in [1.29, 1.82) is 0 Å². The second kappa shape index (κ2) is 6.62. The van der Waals surface area contributed by atoms with E-state index in [1.165, 1.54) is 0 Å². The molecule has 0 N–H and O–H groups in total. The topological polar surface area (TPSA) is 26.3 Å². The van der Waals surface area contributed by atoms with E-state index in [9.17, 15) is 4.79 Å². The Hall–Kier alpha value is -1.83. The van der Waals surface area contributed by atoms with E-state index in [1.54, 1.807) is 13.0 Å². The smallest absolute Gasteiger partial charge is 0.333 e. The van der Waals surface area contributed by atoms with E-state index in [0.717, 1.165) is 5.56 Å². The standard InChI is InChI=1S/C14H16O2/c1-3-12(2)14(15)16-11-7-10-13-8-5-4-6-9-13/h3-10H,11H2,1-2H3/b10-7-,12-3+. The van der Waals surface area contributed by atoms with E-state index < -0.39 is 0 Å². The van der Waals surface area contributed by atoms with Gasteiger partial charge in [0, 0.05) is 5.57 Å². The van der Waals surface area contributed by atoms with E-state index in [0.29, 0.717) is 12.2 Å². The second-order valence-corrected chi connectivity index (χ2v) is 3.38. The number of esters is 1. The lowest BCUT2D eigenvalue weighted by Crippen LogP contribution is -2.05. The number of ether oxygens (including phenoxy) is 1. The summed E-state index contributed by atoms with van der Waals surface area (Å²) in [5.41, 5.74) is 1.73. The minimum atomic E-state index is -0.264. The third-order valence-corrected chi connectivity index (χ3v) is 2.18. The first-order valence-corrected chi connectivity index (χ1v) is 5.25. The lowest BCUT2D eigenvalue weighted by molar-refractivity contribution is -0.137. The number of carbonyl (C=O) groups excluding carboxylic acids is 1. The molecule has 0 bridgehead atoms. The van der Waals surface area contributed by atoms with Crippen LogP contribution in [-0.2, 0) is 9.53 Å². The zero-order valence-electron chi connectivity index (χ0n) is 9.64. The predicted octanol–water partition coefficient (Wildman–Crippen LogP) is 3.21. The number of rotatable bonds is 4. The Morgan fingerprint density at radius 3 is 2.62 bits per heavy atom. The molecule has 1 aromatic rings. The molecule has 0 spiro atoms. The molecule has 16 heavy (non-hydrogen) atoms. The molecular weight excluding hydrogens is 200 g/mol. The van der Waals surface area contributed by atoms with Gasteiger partial charge in [0.05, 0.1) is 0 Å². The first-order valence-electron chi connectivity index (χ1n) is 5.25. The van der Waals surface area contributed by atoms with Gasteiger partial charge in [-0.15, -0.1) is 0 Å². The number of benzene rings is 1. The van der Waals surface area contributed by atoms with Crippen molar-refractivity contribution in [3.05, 3.63) is 53.6 Å². The van der Waals surface area contributed by atoms with Crippen LogP contribution in [0.15, 0.2) is 48.1 Å². The third kappa shape index (κ3) is 4.13. The summed E-state index contributed by atoms with van der Waals surface area (Å²) < 4.78 is 5.02. The fourth-order valence-corrected chi connectivity index (χ4v) is 1.10. The largest absolute Gasteiger partial charge is 0.458 e. The predicted molar refractivity (Wildman–Crippen MR) is 65.9 cm³/mol. The molecule has 0 amide bonds. The third-order valence-electron chi connectivity index (χ3n) is 2.18. The monoisotopic (exact) mass is 216 g/mol. The van der Waals surface area contributed by atoms with Gasteiger partial charge in [0.1, 0.15) is 6.61 Å². The molecular formula is C14H16O2. The van der Waals surface area contributed by atoms with Crippen molar-refractivity contribution >= 4 is 12.0 Å². The summed E-state index contributed by atoms with van der Waals surface area (Å²) in [4.78, 5) is 11.3. The Labute approximate surface area is 96.2 Å². The van der Waals surface area contributed by atoms with Gasteiger partial charge in [-0.1, -0.05) is 42.5 Å². The first-order chi connectivity index (χ1) is 7.74.